The third-order valence-electron chi connectivity index (χ3n) is 3.92. The summed E-state index contributed by atoms with van der Waals surface area (Å²) in [6, 6.07) is 6.79. The maximum atomic E-state index is 13.1. The molecule has 2 nitrogen and oxygen atoms in total. The zero-order valence-electron chi connectivity index (χ0n) is 11.9. The summed E-state index contributed by atoms with van der Waals surface area (Å²) in [5, 5.41) is 0. The monoisotopic (exact) mass is 275 g/mol. The lowest BCUT2D eigenvalue weighted by Crippen LogP contribution is -2.39. The Kier molecular flexibility index (Phi) is 5.33. The number of hydrogen-bond donors (Lipinski definition) is 0. The Morgan fingerprint density at radius 2 is 2.35 bits per heavy atom. The molecular formula is C17H22FNO. The third kappa shape index (κ3) is 4.19. The van der Waals surface area contributed by atoms with Gasteiger partial charge in [-0.05, 0) is 49.3 Å². The summed E-state index contributed by atoms with van der Waals surface area (Å²) in [5.74, 6) is 0.533. The molecule has 1 aromatic rings. The van der Waals surface area contributed by atoms with Crippen molar-refractivity contribution in [3.8, 4) is 0 Å². The first-order valence-electron chi connectivity index (χ1n) is 7.32. The fourth-order valence-corrected chi connectivity index (χ4v) is 2.84. The zero-order chi connectivity index (χ0) is 14.4. The first kappa shape index (κ1) is 14.8. The number of carbonyl (C=O) groups is 1. The van der Waals surface area contributed by atoms with Gasteiger partial charge in [0.2, 0.25) is 5.91 Å². The molecule has 0 bridgehead atoms. The van der Waals surface area contributed by atoms with Gasteiger partial charge in [0.1, 0.15) is 5.82 Å². The molecule has 0 saturated carbocycles. The summed E-state index contributed by atoms with van der Waals surface area (Å²) in [6.07, 6.45) is 6.21. The van der Waals surface area contributed by atoms with E-state index in [-0.39, 0.29) is 11.7 Å². The van der Waals surface area contributed by atoms with Gasteiger partial charge >= 0.3 is 0 Å². The van der Waals surface area contributed by atoms with Gasteiger partial charge in [-0.25, -0.2) is 4.39 Å². The van der Waals surface area contributed by atoms with Crippen molar-refractivity contribution < 1.29 is 9.18 Å². The third-order valence-corrected chi connectivity index (χ3v) is 3.92. The average molecular weight is 275 g/mol. The van der Waals surface area contributed by atoms with Crippen LogP contribution in [0.15, 0.2) is 36.9 Å². The molecule has 1 saturated heterocycles. The molecule has 1 heterocycles. The molecule has 1 aromatic carbocycles. The molecule has 0 aromatic heterocycles. The number of halogens is 1. The first-order chi connectivity index (χ1) is 9.69. The number of nitrogens with zero attached hydrogens (tertiary/aromatic N) is 1. The standard InChI is InChI=1S/C17H22FNO/c1-2-5-17(20)19-11-4-7-15(13-19)10-9-14-6-3-8-16(18)12-14/h2-3,6,8,12,15H,1,4-5,7,9-11,13H2/t15-/m1/s1. The van der Waals surface area contributed by atoms with Crippen molar-refractivity contribution in [2.45, 2.75) is 32.1 Å². The molecular weight excluding hydrogens is 253 g/mol. The predicted molar refractivity (Wildman–Crippen MR) is 78.8 cm³/mol. The van der Waals surface area contributed by atoms with Gasteiger partial charge < -0.3 is 4.90 Å². The fourth-order valence-electron chi connectivity index (χ4n) is 2.84. The smallest absolute Gasteiger partial charge is 0.226 e. The predicted octanol–water partition coefficient (Wildman–Crippen LogP) is 3.57. The van der Waals surface area contributed by atoms with E-state index in [0.717, 1.165) is 44.3 Å². The van der Waals surface area contributed by atoms with Crippen molar-refractivity contribution in [1.29, 1.82) is 0 Å². The van der Waals surface area contributed by atoms with Crippen LogP contribution >= 0.6 is 0 Å². The van der Waals surface area contributed by atoms with Gasteiger partial charge in [0, 0.05) is 19.5 Å². The maximum absolute atomic E-state index is 13.1. The SMILES string of the molecule is C=CCC(=O)N1CCC[C@H](CCc2cccc(F)c2)C1. The van der Waals surface area contributed by atoms with Gasteiger partial charge in [-0.15, -0.1) is 6.58 Å². The molecule has 0 unspecified atom stereocenters. The Morgan fingerprint density at radius 3 is 3.10 bits per heavy atom. The van der Waals surface area contributed by atoms with Crippen LogP contribution in [0, 0.1) is 11.7 Å². The highest BCUT2D eigenvalue weighted by Crippen LogP contribution is 2.22. The normalized spacial score (nSPS) is 18.9. The van der Waals surface area contributed by atoms with Crippen molar-refractivity contribution in [2.24, 2.45) is 5.92 Å². The molecule has 0 aliphatic carbocycles. The molecule has 1 amide bonds. The number of carbonyl (C=O) groups excluding carboxylic acids is 1. The molecule has 1 fully saturated rings. The van der Waals surface area contributed by atoms with Crippen LogP contribution in [0.1, 0.15) is 31.2 Å². The van der Waals surface area contributed by atoms with Gasteiger partial charge in [-0.2, -0.15) is 0 Å². The summed E-state index contributed by atoms with van der Waals surface area (Å²) < 4.78 is 13.1. The van der Waals surface area contributed by atoms with E-state index in [1.807, 2.05) is 11.0 Å². The van der Waals surface area contributed by atoms with Crippen LogP contribution in [0.5, 0.6) is 0 Å². The second-order valence-electron chi connectivity index (χ2n) is 5.51. The van der Waals surface area contributed by atoms with Gasteiger partial charge in [0.05, 0.1) is 0 Å². The second kappa shape index (κ2) is 7.22. The van der Waals surface area contributed by atoms with E-state index in [2.05, 4.69) is 6.58 Å². The Labute approximate surface area is 120 Å². The largest absolute Gasteiger partial charge is 0.342 e. The molecule has 2 rings (SSSR count). The van der Waals surface area contributed by atoms with E-state index < -0.39 is 0 Å². The van der Waals surface area contributed by atoms with Crippen LogP contribution < -0.4 is 0 Å². The maximum Gasteiger partial charge on any atom is 0.226 e. The van der Waals surface area contributed by atoms with Gasteiger partial charge in [0.25, 0.3) is 0 Å². The molecule has 0 N–H and O–H groups in total. The van der Waals surface area contributed by atoms with Crippen LogP contribution in [0.3, 0.4) is 0 Å². The van der Waals surface area contributed by atoms with E-state index in [9.17, 15) is 9.18 Å². The number of aryl methyl sites for hydroxylation is 1. The summed E-state index contributed by atoms with van der Waals surface area (Å²) in [4.78, 5) is 13.8. The summed E-state index contributed by atoms with van der Waals surface area (Å²) in [5.41, 5.74) is 1.04. The molecule has 1 aliphatic rings. The van der Waals surface area contributed by atoms with Crippen LogP contribution in [-0.2, 0) is 11.2 Å². The molecule has 0 spiro atoms. The second-order valence-corrected chi connectivity index (χ2v) is 5.51. The van der Waals surface area contributed by atoms with E-state index in [1.54, 1.807) is 18.2 Å². The number of piperidine rings is 1. The number of rotatable bonds is 5. The molecule has 1 aliphatic heterocycles. The lowest BCUT2D eigenvalue weighted by Gasteiger charge is -2.32. The highest BCUT2D eigenvalue weighted by Gasteiger charge is 2.22. The van der Waals surface area contributed by atoms with Crippen molar-refractivity contribution >= 4 is 5.91 Å². The number of likely N-dealkylation sites (tertiary alicyclic amines) is 1. The highest BCUT2D eigenvalue weighted by molar-refractivity contribution is 5.77. The molecule has 3 heteroatoms. The van der Waals surface area contributed by atoms with Crippen molar-refractivity contribution in [3.63, 3.8) is 0 Å². The van der Waals surface area contributed by atoms with E-state index in [1.165, 1.54) is 6.07 Å². The Hall–Kier alpha value is -1.64. The van der Waals surface area contributed by atoms with Crippen LogP contribution in [-0.4, -0.2) is 23.9 Å². The fraction of sp³-hybridized carbons (Fsp3) is 0.471. The average Bonchev–Trinajstić information content (AvgIpc) is 2.46. The lowest BCUT2D eigenvalue weighted by atomic mass is 9.91. The van der Waals surface area contributed by atoms with E-state index >= 15 is 0 Å². The van der Waals surface area contributed by atoms with E-state index in [4.69, 9.17) is 0 Å². The minimum atomic E-state index is -0.172. The zero-order valence-corrected chi connectivity index (χ0v) is 11.9. The Balaban J connectivity index is 1.84. The van der Waals surface area contributed by atoms with Gasteiger partial charge in [-0.3, -0.25) is 4.79 Å². The van der Waals surface area contributed by atoms with Crippen LogP contribution in [0.25, 0.3) is 0 Å². The molecule has 108 valence electrons. The lowest BCUT2D eigenvalue weighted by molar-refractivity contribution is -0.132. The minimum absolute atomic E-state index is 0.172. The van der Waals surface area contributed by atoms with Gasteiger partial charge in [0.15, 0.2) is 0 Å². The summed E-state index contributed by atoms with van der Waals surface area (Å²) in [7, 11) is 0. The Morgan fingerprint density at radius 1 is 1.50 bits per heavy atom. The van der Waals surface area contributed by atoms with Crippen molar-refractivity contribution in [2.75, 3.05) is 13.1 Å². The highest BCUT2D eigenvalue weighted by atomic mass is 19.1. The van der Waals surface area contributed by atoms with Crippen LogP contribution in [0.2, 0.25) is 0 Å². The number of hydrogen-bond acceptors (Lipinski definition) is 1. The Bertz CT molecular complexity index is 472. The quantitative estimate of drug-likeness (QED) is 0.752. The molecule has 1 atom stereocenters. The van der Waals surface area contributed by atoms with Gasteiger partial charge in [-0.1, -0.05) is 18.2 Å². The topological polar surface area (TPSA) is 20.3 Å². The summed E-state index contributed by atoms with van der Waals surface area (Å²) in [6.45, 7) is 5.32. The van der Waals surface area contributed by atoms with Crippen LogP contribution in [0.4, 0.5) is 4.39 Å². The number of benzene rings is 1. The molecule has 20 heavy (non-hydrogen) atoms. The van der Waals surface area contributed by atoms with Crippen molar-refractivity contribution in [3.05, 3.63) is 48.3 Å². The molecule has 0 radical (unpaired) electrons. The first-order valence-corrected chi connectivity index (χ1v) is 7.32. The van der Waals surface area contributed by atoms with E-state index in [0.29, 0.717) is 12.3 Å². The minimum Gasteiger partial charge on any atom is -0.342 e. The van der Waals surface area contributed by atoms with Crippen molar-refractivity contribution in [1.82, 2.24) is 4.90 Å². The summed E-state index contributed by atoms with van der Waals surface area (Å²) >= 11 is 0. The number of amides is 1.